The normalized spacial score (nSPS) is 23.5. The van der Waals surface area contributed by atoms with Crippen LogP contribution in [0.5, 0.6) is 5.75 Å². The zero-order valence-electron chi connectivity index (χ0n) is 16.4. The van der Waals surface area contributed by atoms with Gasteiger partial charge >= 0.3 is 0 Å². The molecule has 0 bridgehead atoms. The largest absolute Gasteiger partial charge is 0.491 e. The molecule has 7 nitrogen and oxygen atoms in total. The molecule has 0 saturated carbocycles. The van der Waals surface area contributed by atoms with Crippen molar-refractivity contribution in [2.45, 2.75) is 31.6 Å². The lowest BCUT2D eigenvalue weighted by molar-refractivity contribution is -0.0817. The van der Waals surface area contributed by atoms with E-state index in [9.17, 15) is 0 Å². The van der Waals surface area contributed by atoms with Gasteiger partial charge < -0.3 is 29.2 Å². The second-order valence-corrected chi connectivity index (χ2v) is 6.79. The Hall–Kier alpha value is -1.83. The highest BCUT2D eigenvalue weighted by Crippen LogP contribution is 2.21. The maximum absolute atomic E-state index is 5.93. The minimum absolute atomic E-state index is 0.128. The van der Waals surface area contributed by atoms with Gasteiger partial charge in [0, 0.05) is 40.4 Å². The Morgan fingerprint density at radius 3 is 2.70 bits per heavy atom. The third-order valence-electron chi connectivity index (χ3n) is 4.91. The van der Waals surface area contributed by atoms with Crippen LogP contribution >= 0.6 is 0 Å². The summed E-state index contributed by atoms with van der Waals surface area (Å²) in [7, 11) is 3.49. The van der Waals surface area contributed by atoms with Gasteiger partial charge in [0.25, 0.3) is 0 Å². The Bertz CT molecular complexity index is 587. The summed E-state index contributed by atoms with van der Waals surface area (Å²) >= 11 is 0. The molecule has 2 aliphatic rings. The van der Waals surface area contributed by atoms with E-state index in [1.54, 1.807) is 7.11 Å². The number of hydrogen-bond acceptors (Lipinski definition) is 5. The molecule has 3 rings (SSSR count). The molecule has 0 radical (unpaired) electrons. The monoisotopic (exact) mass is 377 g/mol. The molecule has 1 N–H and O–H groups in total. The lowest BCUT2D eigenvalue weighted by atomic mass is 10.1. The van der Waals surface area contributed by atoms with Gasteiger partial charge in [-0.1, -0.05) is 12.1 Å². The number of methoxy groups -OCH3 is 1. The van der Waals surface area contributed by atoms with Crippen molar-refractivity contribution in [3.63, 3.8) is 0 Å². The standard InChI is InChI=1S/C20H31N3O4/c1-21-20(23-9-11-27-19(15-23)18-4-3-10-26-18)22-14-16-5-7-17(8-6-16)25-13-12-24-2/h5-8,18-19H,3-4,9-15H2,1-2H3,(H,21,22). The van der Waals surface area contributed by atoms with Crippen LogP contribution in [0.25, 0.3) is 0 Å². The van der Waals surface area contributed by atoms with Crippen molar-refractivity contribution >= 4 is 5.96 Å². The summed E-state index contributed by atoms with van der Waals surface area (Å²) in [6, 6.07) is 8.10. The van der Waals surface area contributed by atoms with Gasteiger partial charge in [0.05, 0.1) is 19.3 Å². The van der Waals surface area contributed by atoms with Crippen LogP contribution in [0.3, 0.4) is 0 Å². The Labute approximate surface area is 161 Å². The molecule has 150 valence electrons. The van der Waals surface area contributed by atoms with Crippen LogP contribution < -0.4 is 10.1 Å². The summed E-state index contributed by atoms with van der Waals surface area (Å²) < 4.78 is 22.3. The highest BCUT2D eigenvalue weighted by Gasteiger charge is 2.32. The number of aliphatic imine (C=N–C) groups is 1. The number of nitrogens with one attached hydrogen (secondary N) is 1. The molecule has 0 spiro atoms. The molecule has 27 heavy (non-hydrogen) atoms. The van der Waals surface area contributed by atoms with Crippen molar-refractivity contribution < 1.29 is 18.9 Å². The van der Waals surface area contributed by atoms with Crippen molar-refractivity contribution in [3.8, 4) is 5.75 Å². The molecule has 7 heteroatoms. The fourth-order valence-electron chi connectivity index (χ4n) is 3.45. The van der Waals surface area contributed by atoms with Crippen LogP contribution in [0.2, 0.25) is 0 Å². The number of ether oxygens (including phenoxy) is 4. The second kappa shape index (κ2) is 10.5. The maximum atomic E-state index is 5.93. The summed E-state index contributed by atoms with van der Waals surface area (Å²) in [5.74, 6) is 1.76. The summed E-state index contributed by atoms with van der Waals surface area (Å²) in [4.78, 5) is 6.71. The van der Waals surface area contributed by atoms with Crippen molar-refractivity contribution in [1.29, 1.82) is 0 Å². The third kappa shape index (κ3) is 5.82. The summed E-state index contributed by atoms with van der Waals surface area (Å²) in [6.45, 7) is 5.08. The predicted molar refractivity (Wildman–Crippen MR) is 104 cm³/mol. The molecular weight excluding hydrogens is 346 g/mol. The van der Waals surface area contributed by atoms with Crippen LogP contribution in [-0.2, 0) is 20.8 Å². The van der Waals surface area contributed by atoms with Gasteiger partial charge in [0.15, 0.2) is 5.96 Å². The number of nitrogens with zero attached hydrogens (tertiary/aromatic N) is 2. The number of morpholine rings is 1. The average Bonchev–Trinajstić information content (AvgIpc) is 3.25. The lowest BCUT2D eigenvalue weighted by Gasteiger charge is -2.37. The Kier molecular flexibility index (Phi) is 7.74. The number of guanidine groups is 1. The van der Waals surface area contributed by atoms with E-state index in [4.69, 9.17) is 18.9 Å². The zero-order chi connectivity index (χ0) is 18.9. The van der Waals surface area contributed by atoms with E-state index in [-0.39, 0.29) is 12.2 Å². The average molecular weight is 377 g/mol. The van der Waals surface area contributed by atoms with Crippen molar-refractivity contribution in [2.75, 3.05) is 53.7 Å². The van der Waals surface area contributed by atoms with Crippen molar-refractivity contribution in [1.82, 2.24) is 10.2 Å². The zero-order valence-corrected chi connectivity index (χ0v) is 16.4. The molecule has 2 saturated heterocycles. The molecule has 1 aromatic carbocycles. The van der Waals surface area contributed by atoms with E-state index in [1.165, 1.54) is 5.56 Å². The van der Waals surface area contributed by atoms with Crippen LogP contribution in [0.15, 0.2) is 29.3 Å². The van der Waals surface area contributed by atoms with Gasteiger partial charge in [-0.05, 0) is 30.5 Å². The third-order valence-corrected chi connectivity index (χ3v) is 4.91. The number of rotatable bonds is 7. The fraction of sp³-hybridized carbons (Fsp3) is 0.650. The molecule has 2 unspecified atom stereocenters. The SMILES string of the molecule is CN=C(NCc1ccc(OCCOC)cc1)N1CCOC(C2CCCO2)C1. The van der Waals surface area contributed by atoms with E-state index in [1.807, 2.05) is 19.2 Å². The van der Waals surface area contributed by atoms with E-state index >= 15 is 0 Å². The van der Waals surface area contributed by atoms with E-state index in [0.717, 1.165) is 44.2 Å². The summed E-state index contributed by atoms with van der Waals surface area (Å²) in [5.41, 5.74) is 1.18. The first-order valence-electron chi connectivity index (χ1n) is 9.69. The predicted octanol–water partition coefficient (Wildman–Crippen LogP) is 1.67. The molecule has 2 fully saturated rings. The van der Waals surface area contributed by atoms with Gasteiger partial charge in [0.1, 0.15) is 18.5 Å². The first-order valence-corrected chi connectivity index (χ1v) is 9.69. The summed E-state index contributed by atoms with van der Waals surface area (Å²) in [6.07, 6.45) is 2.56. The van der Waals surface area contributed by atoms with E-state index in [2.05, 4.69) is 27.3 Å². The van der Waals surface area contributed by atoms with Gasteiger partial charge in [0.2, 0.25) is 0 Å². The fourth-order valence-corrected chi connectivity index (χ4v) is 3.45. The van der Waals surface area contributed by atoms with Crippen molar-refractivity contribution in [2.24, 2.45) is 4.99 Å². The van der Waals surface area contributed by atoms with Crippen LogP contribution in [-0.4, -0.2) is 76.7 Å². The first-order chi connectivity index (χ1) is 13.3. The molecule has 0 amide bonds. The van der Waals surface area contributed by atoms with Gasteiger partial charge in [-0.15, -0.1) is 0 Å². The Morgan fingerprint density at radius 2 is 2.00 bits per heavy atom. The van der Waals surface area contributed by atoms with Crippen LogP contribution in [0.1, 0.15) is 18.4 Å². The number of hydrogen-bond donors (Lipinski definition) is 1. The maximum Gasteiger partial charge on any atom is 0.194 e. The van der Waals surface area contributed by atoms with Gasteiger partial charge in [-0.3, -0.25) is 4.99 Å². The van der Waals surface area contributed by atoms with Crippen LogP contribution in [0, 0.1) is 0 Å². The Morgan fingerprint density at radius 1 is 1.19 bits per heavy atom. The highest BCUT2D eigenvalue weighted by atomic mass is 16.5. The topological polar surface area (TPSA) is 64.6 Å². The Balaban J connectivity index is 1.48. The van der Waals surface area contributed by atoms with Gasteiger partial charge in [-0.25, -0.2) is 0 Å². The van der Waals surface area contributed by atoms with E-state index < -0.39 is 0 Å². The van der Waals surface area contributed by atoms with Gasteiger partial charge in [-0.2, -0.15) is 0 Å². The van der Waals surface area contributed by atoms with Crippen LogP contribution in [0.4, 0.5) is 0 Å². The lowest BCUT2D eigenvalue weighted by Crippen LogP contribution is -2.53. The minimum Gasteiger partial charge on any atom is -0.491 e. The minimum atomic E-state index is 0.128. The quantitative estimate of drug-likeness (QED) is 0.443. The first kappa shape index (κ1) is 19.9. The van der Waals surface area contributed by atoms with Crippen molar-refractivity contribution in [3.05, 3.63) is 29.8 Å². The molecule has 0 aliphatic carbocycles. The molecule has 0 aromatic heterocycles. The summed E-state index contributed by atoms with van der Waals surface area (Å²) in [5, 5.41) is 3.46. The molecular formula is C20H31N3O4. The second-order valence-electron chi connectivity index (χ2n) is 6.79. The molecule has 1 aromatic rings. The smallest absolute Gasteiger partial charge is 0.194 e. The molecule has 2 heterocycles. The number of benzene rings is 1. The highest BCUT2D eigenvalue weighted by molar-refractivity contribution is 5.80. The molecule has 2 atom stereocenters. The van der Waals surface area contributed by atoms with E-state index in [0.29, 0.717) is 26.4 Å². The molecule has 2 aliphatic heterocycles.